The maximum Gasteiger partial charge on any atom is 0.217 e. The molecule has 0 saturated carbocycles. The van der Waals surface area contributed by atoms with Crippen LogP contribution in [0.2, 0.25) is 0 Å². The Labute approximate surface area is 127 Å². The minimum absolute atomic E-state index is 0.808. The molecule has 1 aromatic rings. The average molecular weight is 338 g/mol. The van der Waals surface area contributed by atoms with Gasteiger partial charge in [-0.1, -0.05) is 21.6 Å². The normalized spacial score (nSPS) is 16.1. The van der Waals surface area contributed by atoms with Crippen LogP contribution >= 0.6 is 21.6 Å². The van der Waals surface area contributed by atoms with Crippen molar-refractivity contribution in [2.75, 3.05) is 36.6 Å². The summed E-state index contributed by atoms with van der Waals surface area (Å²) in [6.45, 7) is 2.34. The fourth-order valence-corrected chi connectivity index (χ4v) is 3.52. The van der Waals surface area contributed by atoms with Crippen LogP contribution in [-0.4, -0.2) is 44.7 Å². The van der Waals surface area contributed by atoms with Crippen LogP contribution in [-0.2, 0) is 21.6 Å². The maximum atomic E-state index is 9.22. The lowest BCUT2D eigenvalue weighted by Gasteiger charge is -2.19. The summed E-state index contributed by atoms with van der Waals surface area (Å²) in [4.78, 5) is 2.47. The molecule has 1 fully saturated rings. The number of anilines is 1. The minimum Gasteiger partial charge on any atom is -0.726 e. The van der Waals surface area contributed by atoms with Crippen molar-refractivity contribution in [3.05, 3.63) is 24.5 Å². The second kappa shape index (κ2) is 8.73. The molecule has 0 aromatic carbocycles. The SMILES string of the molecule is COS(=O)(=O)[O-].C[n+]1cccc(N2CCSSCC2)c1. The second-order valence-electron chi connectivity index (χ2n) is 3.93. The first-order chi connectivity index (χ1) is 9.42. The number of aromatic nitrogens is 1. The summed E-state index contributed by atoms with van der Waals surface area (Å²) in [6, 6.07) is 4.31. The molecule has 0 N–H and O–H groups in total. The topological polar surface area (TPSA) is 73.5 Å². The largest absolute Gasteiger partial charge is 0.726 e. The van der Waals surface area contributed by atoms with Gasteiger partial charge in [-0.15, -0.1) is 0 Å². The van der Waals surface area contributed by atoms with E-state index in [1.165, 1.54) is 30.3 Å². The van der Waals surface area contributed by atoms with Crippen LogP contribution in [0.3, 0.4) is 0 Å². The Kier molecular flexibility index (Phi) is 7.67. The van der Waals surface area contributed by atoms with Crippen molar-refractivity contribution in [1.82, 2.24) is 0 Å². The molecule has 2 heterocycles. The second-order valence-corrected chi connectivity index (χ2v) is 7.79. The Bertz CT molecular complexity index is 502. The summed E-state index contributed by atoms with van der Waals surface area (Å²) in [6.07, 6.45) is 4.27. The quantitative estimate of drug-likeness (QED) is 0.342. The summed E-state index contributed by atoms with van der Waals surface area (Å²) in [5.41, 5.74) is 1.35. The lowest BCUT2D eigenvalue weighted by Crippen LogP contribution is -2.32. The lowest BCUT2D eigenvalue weighted by molar-refractivity contribution is -0.670. The first kappa shape index (κ1) is 17.6. The Morgan fingerprint density at radius 1 is 1.35 bits per heavy atom. The minimum atomic E-state index is -4.41. The van der Waals surface area contributed by atoms with Crippen molar-refractivity contribution in [3.8, 4) is 0 Å². The van der Waals surface area contributed by atoms with E-state index in [2.05, 4.69) is 45.2 Å². The molecule has 2 rings (SSSR count). The van der Waals surface area contributed by atoms with Crippen LogP contribution in [0.4, 0.5) is 5.69 Å². The molecule has 20 heavy (non-hydrogen) atoms. The molecule has 0 amide bonds. The number of pyridine rings is 1. The van der Waals surface area contributed by atoms with Crippen molar-refractivity contribution in [2.24, 2.45) is 7.05 Å². The van der Waals surface area contributed by atoms with Crippen LogP contribution < -0.4 is 9.47 Å². The number of nitrogens with zero attached hydrogens (tertiary/aromatic N) is 2. The number of rotatable bonds is 2. The van der Waals surface area contributed by atoms with E-state index in [1.54, 1.807) is 0 Å². The molecule has 0 unspecified atom stereocenters. The van der Waals surface area contributed by atoms with Crippen molar-refractivity contribution in [2.45, 2.75) is 0 Å². The Morgan fingerprint density at radius 2 is 1.90 bits per heavy atom. The number of hydrogen-bond donors (Lipinski definition) is 0. The van der Waals surface area contributed by atoms with Gasteiger partial charge in [-0.2, -0.15) is 0 Å². The third kappa shape index (κ3) is 7.34. The van der Waals surface area contributed by atoms with Crippen molar-refractivity contribution < 1.29 is 21.7 Å². The fraction of sp³-hybridized carbons (Fsp3) is 0.545. The molecule has 1 aromatic heterocycles. The molecule has 1 aliphatic heterocycles. The zero-order chi connectivity index (χ0) is 15.0. The van der Waals surface area contributed by atoms with Gasteiger partial charge in [0.1, 0.15) is 12.7 Å². The molecule has 0 radical (unpaired) electrons. The van der Waals surface area contributed by atoms with Gasteiger partial charge in [-0.3, -0.25) is 4.18 Å². The third-order valence-electron chi connectivity index (χ3n) is 2.47. The van der Waals surface area contributed by atoms with Gasteiger partial charge in [0.05, 0.1) is 7.11 Å². The lowest BCUT2D eigenvalue weighted by atomic mass is 10.3. The summed E-state index contributed by atoms with van der Waals surface area (Å²) in [5.74, 6) is 2.45. The van der Waals surface area contributed by atoms with Crippen LogP contribution in [0.5, 0.6) is 0 Å². The molecule has 0 atom stereocenters. The zero-order valence-corrected chi connectivity index (χ0v) is 13.8. The number of hydrogen-bond acceptors (Lipinski definition) is 7. The summed E-state index contributed by atoms with van der Waals surface area (Å²) >= 11 is 0. The van der Waals surface area contributed by atoms with Crippen LogP contribution in [0.1, 0.15) is 0 Å². The van der Waals surface area contributed by atoms with E-state index in [0.717, 1.165) is 7.11 Å². The molecule has 114 valence electrons. The molecular formula is C11H18N2O4S3. The standard InChI is InChI=1S/C10H15N2S2.CH4O4S/c1-11-4-2-3-10(9-11)12-5-7-13-14-8-6-12;1-5-6(2,3)4/h2-4,9H,5-8H2,1H3;1H3,(H,2,3,4)/q+1;/p-1. The fourth-order valence-electron chi connectivity index (χ4n) is 1.54. The van der Waals surface area contributed by atoms with Crippen LogP contribution in [0.25, 0.3) is 0 Å². The van der Waals surface area contributed by atoms with Gasteiger partial charge >= 0.3 is 0 Å². The van der Waals surface area contributed by atoms with Crippen LogP contribution in [0.15, 0.2) is 24.5 Å². The summed E-state index contributed by atoms with van der Waals surface area (Å²) in [5, 5.41) is 0. The smallest absolute Gasteiger partial charge is 0.217 e. The van der Waals surface area contributed by atoms with Gasteiger partial charge in [0.15, 0.2) is 12.4 Å². The van der Waals surface area contributed by atoms with Gasteiger partial charge in [-0.25, -0.2) is 13.0 Å². The van der Waals surface area contributed by atoms with E-state index in [4.69, 9.17) is 0 Å². The van der Waals surface area contributed by atoms with E-state index < -0.39 is 10.4 Å². The van der Waals surface area contributed by atoms with E-state index >= 15 is 0 Å². The average Bonchev–Trinajstić information content (AvgIpc) is 2.67. The Hall–Kier alpha value is -0.480. The Morgan fingerprint density at radius 3 is 2.35 bits per heavy atom. The molecule has 6 nitrogen and oxygen atoms in total. The van der Waals surface area contributed by atoms with Gasteiger partial charge in [0.25, 0.3) is 0 Å². The Balaban J connectivity index is 0.000000286. The third-order valence-corrected chi connectivity index (χ3v) is 5.24. The van der Waals surface area contributed by atoms with Crippen LogP contribution in [0, 0.1) is 0 Å². The van der Waals surface area contributed by atoms with Gasteiger partial charge in [-0.05, 0) is 6.07 Å². The first-order valence-corrected chi connectivity index (χ1v) is 9.70. The molecule has 0 bridgehead atoms. The molecular weight excluding hydrogens is 320 g/mol. The predicted octanol–water partition coefficient (Wildman–Crippen LogP) is 0.806. The highest BCUT2D eigenvalue weighted by Crippen LogP contribution is 2.25. The number of aryl methyl sites for hydroxylation is 1. The predicted molar refractivity (Wildman–Crippen MR) is 81.5 cm³/mol. The molecule has 0 aliphatic carbocycles. The highest BCUT2D eigenvalue weighted by molar-refractivity contribution is 8.76. The monoisotopic (exact) mass is 338 g/mol. The molecule has 9 heteroatoms. The molecule has 1 aliphatic rings. The molecule has 0 spiro atoms. The highest BCUT2D eigenvalue weighted by Gasteiger charge is 2.12. The van der Waals surface area contributed by atoms with Gasteiger partial charge < -0.3 is 9.45 Å². The van der Waals surface area contributed by atoms with Gasteiger partial charge in [0, 0.05) is 30.7 Å². The van der Waals surface area contributed by atoms with E-state index in [9.17, 15) is 13.0 Å². The van der Waals surface area contributed by atoms with E-state index in [-0.39, 0.29) is 0 Å². The van der Waals surface area contributed by atoms with E-state index in [1.807, 2.05) is 21.6 Å². The zero-order valence-electron chi connectivity index (χ0n) is 11.4. The maximum absolute atomic E-state index is 9.22. The highest BCUT2D eigenvalue weighted by atomic mass is 33.1. The summed E-state index contributed by atoms with van der Waals surface area (Å²) in [7, 11) is 2.44. The van der Waals surface area contributed by atoms with Crippen molar-refractivity contribution >= 4 is 37.7 Å². The van der Waals surface area contributed by atoms with Crippen molar-refractivity contribution in [3.63, 3.8) is 0 Å². The van der Waals surface area contributed by atoms with E-state index in [0.29, 0.717) is 0 Å². The molecule has 1 saturated heterocycles. The first-order valence-electron chi connectivity index (χ1n) is 5.88. The van der Waals surface area contributed by atoms with Crippen molar-refractivity contribution in [1.29, 1.82) is 0 Å². The summed E-state index contributed by atoms with van der Waals surface area (Å²) < 4.78 is 33.1. The van der Waals surface area contributed by atoms with Gasteiger partial charge in [0.2, 0.25) is 10.4 Å².